The Balaban J connectivity index is 1.18. The summed E-state index contributed by atoms with van der Waals surface area (Å²) in [5.74, 6) is -1.12. The molecule has 1 saturated carbocycles. The van der Waals surface area contributed by atoms with Crippen LogP contribution in [0.2, 0.25) is 0 Å². The van der Waals surface area contributed by atoms with Gasteiger partial charge in [0.2, 0.25) is 11.8 Å². The van der Waals surface area contributed by atoms with Gasteiger partial charge in [0, 0.05) is 42.1 Å². The van der Waals surface area contributed by atoms with Gasteiger partial charge in [0.15, 0.2) is 5.13 Å². The summed E-state index contributed by atoms with van der Waals surface area (Å²) in [6, 6.07) is 5.14. The molecule has 1 aliphatic carbocycles. The third kappa shape index (κ3) is 6.55. The van der Waals surface area contributed by atoms with E-state index >= 15 is 0 Å². The number of benzene rings is 1. The number of hydrogen-bond acceptors (Lipinski definition) is 6. The molecule has 12 heteroatoms. The summed E-state index contributed by atoms with van der Waals surface area (Å²) in [7, 11) is 0. The number of thiazole rings is 1. The van der Waals surface area contributed by atoms with Crippen molar-refractivity contribution in [3.63, 3.8) is 0 Å². The molecule has 1 aromatic carbocycles. The van der Waals surface area contributed by atoms with Gasteiger partial charge in [0.25, 0.3) is 5.91 Å². The summed E-state index contributed by atoms with van der Waals surface area (Å²) in [5.41, 5.74) is 1.98. The number of likely N-dealkylation sites (tertiary alicyclic amines) is 2. The third-order valence-electron chi connectivity index (χ3n) is 7.28. The van der Waals surface area contributed by atoms with Crippen LogP contribution in [0.1, 0.15) is 55.8 Å². The van der Waals surface area contributed by atoms with Gasteiger partial charge >= 0.3 is 6.03 Å². The molecule has 2 saturated heterocycles. The Labute approximate surface area is 230 Å². The lowest BCUT2D eigenvalue weighted by molar-refractivity contribution is -0.138. The standard InChI is InChI=1S/C27H33FN6O4S/c1-16(29-27(38)33-11-3-2-4-12-33)25(37)34-14-19(28)13-22(34)24(36)32-26-31-21(15-39-26)17-5-7-18(8-6-17)23(35)30-20-9-10-20/h5-8,15-16,19-20,22H,2-4,9-14H2,1H3,(H,29,38)(H,30,35)(H,31,32,36)/t16-,19+,22+/m1/s1. The summed E-state index contributed by atoms with van der Waals surface area (Å²) >= 11 is 1.22. The maximum Gasteiger partial charge on any atom is 0.318 e. The third-order valence-corrected chi connectivity index (χ3v) is 8.04. The maximum atomic E-state index is 14.4. The van der Waals surface area contributed by atoms with Crippen LogP contribution >= 0.6 is 11.3 Å². The molecule has 0 spiro atoms. The van der Waals surface area contributed by atoms with Crippen molar-refractivity contribution in [2.75, 3.05) is 25.0 Å². The minimum Gasteiger partial charge on any atom is -0.349 e. The first kappa shape index (κ1) is 27.0. The predicted molar refractivity (Wildman–Crippen MR) is 145 cm³/mol. The van der Waals surface area contributed by atoms with Gasteiger partial charge in [-0.3, -0.25) is 14.4 Å². The van der Waals surface area contributed by atoms with E-state index in [0.717, 1.165) is 37.7 Å². The number of urea groups is 1. The fourth-order valence-corrected chi connectivity index (χ4v) is 5.62. The van der Waals surface area contributed by atoms with Crippen LogP contribution in [0.25, 0.3) is 11.3 Å². The number of amides is 5. The quantitative estimate of drug-likeness (QED) is 0.484. The molecule has 3 N–H and O–H groups in total. The van der Waals surface area contributed by atoms with Crippen molar-refractivity contribution in [2.45, 2.75) is 69.7 Å². The molecule has 3 fully saturated rings. The molecule has 1 aromatic heterocycles. The largest absolute Gasteiger partial charge is 0.349 e. The molecule has 2 aromatic rings. The average molecular weight is 557 g/mol. The van der Waals surface area contributed by atoms with Crippen molar-refractivity contribution >= 4 is 40.2 Å². The van der Waals surface area contributed by atoms with Gasteiger partial charge in [-0.2, -0.15) is 0 Å². The lowest BCUT2D eigenvalue weighted by Gasteiger charge is -2.30. The van der Waals surface area contributed by atoms with Crippen molar-refractivity contribution in [2.24, 2.45) is 0 Å². The SMILES string of the molecule is C[C@@H](NC(=O)N1CCCCC1)C(=O)N1C[C@@H](F)C[C@H]1C(=O)Nc1nc(-c2ccc(C(=O)NC3CC3)cc2)cs1. The van der Waals surface area contributed by atoms with E-state index in [1.807, 2.05) is 0 Å². The number of piperidine rings is 1. The monoisotopic (exact) mass is 556 g/mol. The zero-order chi connectivity index (χ0) is 27.5. The number of anilines is 1. The van der Waals surface area contributed by atoms with Gasteiger partial charge in [-0.25, -0.2) is 14.2 Å². The Morgan fingerprint density at radius 1 is 1.08 bits per heavy atom. The smallest absolute Gasteiger partial charge is 0.318 e. The fraction of sp³-hybridized carbons (Fsp3) is 0.519. The molecule has 0 unspecified atom stereocenters. The summed E-state index contributed by atoms with van der Waals surface area (Å²) in [5, 5.41) is 10.5. The number of nitrogens with zero attached hydrogens (tertiary/aromatic N) is 3. The average Bonchev–Trinajstić information content (AvgIpc) is 3.48. The van der Waals surface area contributed by atoms with E-state index in [0.29, 0.717) is 29.5 Å². The van der Waals surface area contributed by atoms with Crippen LogP contribution in [0.15, 0.2) is 29.6 Å². The van der Waals surface area contributed by atoms with Crippen LogP contribution in [0.5, 0.6) is 0 Å². The summed E-state index contributed by atoms with van der Waals surface area (Å²) in [6.07, 6.45) is 3.51. The van der Waals surface area contributed by atoms with Crippen LogP contribution < -0.4 is 16.0 Å². The van der Waals surface area contributed by atoms with Crippen molar-refractivity contribution in [3.8, 4) is 11.3 Å². The first-order valence-corrected chi connectivity index (χ1v) is 14.3. The van der Waals surface area contributed by atoms with Gasteiger partial charge < -0.3 is 25.8 Å². The van der Waals surface area contributed by atoms with Crippen LogP contribution in [0.3, 0.4) is 0 Å². The lowest BCUT2D eigenvalue weighted by atomic mass is 10.1. The Bertz CT molecular complexity index is 1230. The Morgan fingerprint density at radius 3 is 2.49 bits per heavy atom. The summed E-state index contributed by atoms with van der Waals surface area (Å²) in [4.78, 5) is 58.3. The highest BCUT2D eigenvalue weighted by molar-refractivity contribution is 7.14. The highest BCUT2D eigenvalue weighted by Crippen LogP contribution is 2.28. The first-order chi connectivity index (χ1) is 18.8. The van der Waals surface area contributed by atoms with E-state index in [4.69, 9.17) is 0 Å². The minimum absolute atomic E-state index is 0.0995. The van der Waals surface area contributed by atoms with Gasteiger partial charge in [-0.1, -0.05) is 12.1 Å². The van der Waals surface area contributed by atoms with Gasteiger partial charge in [-0.15, -0.1) is 11.3 Å². The van der Waals surface area contributed by atoms with E-state index in [2.05, 4.69) is 20.9 Å². The highest BCUT2D eigenvalue weighted by atomic mass is 32.1. The molecule has 39 heavy (non-hydrogen) atoms. The van der Waals surface area contributed by atoms with Crippen LogP contribution in [0.4, 0.5) is 14.3 Å². The maximum absolute atomic E-state index is 14.4. The molecule has 10 nitrogen and oxygen atoms in total. The molecular weight excluding hydrogens is 523 g/mol. The topological polar surface area (TPSA) is 124 Å². The van der Waals surface area contributed by atoms with Crippen LogP contribution in [-0.4, -0.2) is 82.5 Å². The number of nitrogens with one attached hydrogen (secondary N) is 3. The molecule has 3 heterocycles. The summed E-state index contributed by atoms with van der Waals surface area (Å²) < 4.78 is 14.4. The number of rotatable bonds is 7. The molecule has 3 aliphatic rings. The molecule has 208 valence electrons. The molecule has 5 amide bonds. The molecule has 0 bridgehead atoms. The van der Waals surface area contributed by atoms with E-state index in [1.165, 1.54) is 16.2 Å². The Kier molecular flexibility index (Phi) is 8.10. The zero-order valence-corrected chi connectivity index (χ0v) is 22.6. The zero-order valence-electron chi connectivity index (χ0n) is 21.8. The van der Waals surface area contributed by atoms with Crippen LogP contribution in [-0.2, 0) is 9.59 Å². The fourth-order valence-electron chi connectivity index (χ4n) is 4.90. The van der Waals surface area contributed by atoms with E-state index in [1.54, 1.807) is 41.5 Å². The number of halogens is 1. The predicted octanol–water partition coefficient (Wildman–Crippen LogP) is 3.16. The first-order valence-electron chi connectivity index (χ1n) is 13.5. The number of alkyl halides is 1. The summed E-state index contributed by atoms with van der Waals surface area (Å²) in [6.45, 7) is 2.64. The molecule has 5 rings (SSSR count). The number of aromatic nitrogens is 1. The second kappa shape index (κ2) is 11.7. The Hall–Kier alpha value is -3.54. The molecule has 0 radical (unpaired) electrons. The molecular formula is C27H33FN6O4S. The van der Waals surface area contributed by atoms with E-state index < -0.39 is 30.1 Å². The second-order valence-corrected chi connectivity index (χ2v) is 11.3. The highest BCUT2D eigenvalue weighted by Gasteiger charge is 2.41. The molecule has 2 aliphatic heterocycles. The number of carbonyl (C=O) groups is 4. The minimum atomic E-state index is -1.34. The van der Waals surface area contributed by atoms with Gasteiger partial charge in [0.1, 0.15) is 18.3 Å². The van der Waals surface area contributed by atoms with Gasteiger partial charge in [0.05, 0.1) is 12.2 Å². The molecule has 3 atom stereocenters. The lowest BCUT2D eigenvalue weighted by Crippen LogP contribution is -2.54. The van der Waals surface area contributed by atoms with Gasteiger partial charge in [-0.05, 0) is 51.2 Å². The normalized spacial score (nSPS) is 21.8. The van der Waals surface area contributed by atoms with E-state index in [-0.39, 0.29) is 30.9 Å². The Morgan fingerprint density at radius 2 is 1.79 bits per heavy atom. The van der Waals surface area contributed by atoms with Crippen molar-refractivity contribution in [3.05, 3.63) is 35.2 Å². The van der Waals surface area contributed by atoms with Crippen LogP contribution in [0, 0.1) is 0 Å². The van der Waals surface area contributed by atoms with Crippen molar-refractivity contribution in [1.82, 2.24) is 25.4 Å². The number of carbonyl (C=O) groups excluding carboxylic acids is 4. The number of hydrogen-bond donors (Lipinski definition) is 3. The second-order valence-electron chi connectivity index (χ2n) is 10.4. The van der Waals surface area contributed by atoms with E-state index in [9.17, 15) is 23.6 Å². The van der Waals surface area contributed by atoms with Crippen molar-refractivity contribution in [1.29, 1.82) is 0 Å². The van der Waals surface area contributed by atoms with Crippen molar-refractivity contribution < 1.29 is 23.6 Å².